The average molecular weight is 292 g/mol. The summed E-state index contributed by atoms with van der Waals surface area (Å²) in [5.74, 6) is -0.0752. The van der Waals surface area contributed by atoms with E-state index in [-0.39, 0.29) is 5.91 Å². The van der Waals surface area contributed by atoms with Crippen molar-refractivity contribution in [2.45, 2.75) is 19.8 Å². The van der Waals surface area contributed by atoms with E-state index in [1.165, 1.54) is 4.88 Å². The fourth-order valence-electron chi connectivity index (χ4n) is 2.13. The van der Waals surface area contributed by atoms with Crippen LogP contribution in [0.5, 0.6) is 0 Å². The van der Waals surface area contributed by atoms with Gasteiger partial charge in [0.25, 0.3) is 5.91 Å². The first-order valence-electron chi connectivity index (χ1n) is 6.63. The van der Waals surface area contributed by atoms with Crippen LogP contribution in [0.4, 0.5) is 5.69 Å². The molecule has 20 heavy (non-hydrogen) atoms. The molecule has 0 aliphatic carbocycles. The van der Waals surface area contributed by atoms with Crippen molar-refractivity contribution in [1.82, 2.24) is 14.7 Å². The molecule has 0 bridgehead atoms. The Kier molecular flexibility index (Phi) is 4.44. The summed E-state index contributed by atoms with van der Waals surface area (Å²) < 4.78 is 1.58. The van der Waals surface area contributed by atoms with Gasteiger partial charge < -0.3 is 10.6 Å². The zero-order valence-corrected chi connectivity index (χ0v) is 12.9. The molecule has 6 heteroatoms. The van der Waals surface area contributed by atoms with E-state index in [1.54, 1.807) is 35.0 Å². The lowest BCUT2D eigenvalue weighted by atomic mass is 10.2. The fraction of sp³-hybridized carbons (Fsp3) is 0.429. The molecule has 2 aromatic heterocycles. The third-order valence-corrected chi connectivity index (χ3v) is 4.25. The van der Waals surface area contributed by atoms with Crippen LogP contribution >= 0.6 is 11.3 Å². The van der Waals surface area contributed by atoms with Gasteiger partial charge in [-0.1, -0.05) is 13.0 Å². The topological polar surface area (TPSA) is 64.2 Å². The molecule has 2 aromatic rings. The van der Waals surface area contributed by atoms with Gasteiger partial charge in [-0.2, -0.15) is 5.10 Å². The minimum atomic E-state index is -0.0752. The number of anilines is 1. The molecule has 0 saturated heterocycles. The molecule has 0 fully saturated rings. The maximum absolute atomic E-state index is 12.5. The molecule has 5 nitrogen and oxygen atoms in total. The predicted molar refractivity (Wildman–Crippen MR) is 82.0 cm³/mol. The third-order valence-electron chi connectivity index (χ3n) is 3.32. The Morgan fingerprint density at radius 1 is 1.55 bits per heavy atom. The second kappa shape index (κ2) is 6.09. The van der Waals surface area contributed by atoms with Crippen molar-refractivity contribution in [1.29, 1.82) is 0 Å². The fourth-order valence-corrected chi connectivity index (χ4v) is 2.82. The van der Waals surface area contributed by atoms with Crippen LogP contribution in [0, 0.1) is 0 Å². The molecule has 108 valence electrons. The van der Waals surface area contributed by atoms with E-state index in [1.807, 2.05) is 18.4 Å². The lowest BCUT2D eigenvalue weighted by molar-refractivity contribution is 0.0787. The maximum atomic E-state index is 12.5. The van der Waals surface area contributed by atoms with Gasteiger partial charge in [0, 0.05) is 25.5 Å². The summed E-state index contributed by atoms with van der Waals surface area (Å²) in [5, 5.41) is 6.33. The minimum Gasteiger partial charge on any atom is -0.395 e. The van der Waals surface area contributed by atoms with E-state index in [0.29, 0.717) is 17.9 Å². The SMILES string of the molecule is CCc1nn(C)c(C(=O)N(C)CCc2cccs2)c1N. The van der Waals surface area contributed by atoms with Crippen molar-refractivity contribution in [2.75, 3.05) is 19.3 Å². The molecule has 0 spiro atoms. The van der Waals surface area contributed by atoms with Crippen molar-refractivity contribution >= 4 is 22.9 Å². The number of hydrogen-bond acceptors (Lipinski definition) is 4. The number of carbonyl (C=O) groups excluding carboxylic acids is 1. The van der Waals surface area contributed by atoms with Gasteiger partial charge in [-0.15, -0.1) is 11.3 Å². The van der Waals surface area contributed by atoms with E-state index in [9.17, 15) is 4.79 Å². The van der Waals surface area contributed by atoms with Crippen LogP contribution in [0.2, 0.25) is 0 Å². The Morgan fingerprint density at radius 3 is 2.85 bits per heavy atom. The maximum Gasteiger partial charge on any atom is 0.274 e. The van der Waals surface area contributed by atoms with Crippen molar-refractivity contribution in [3.8, 4) is 0 Å². The van der Waals surface area contributed by atoms with Gasteiger partial charge in [-0.25, -0.2) is 0 Å². The average Bonchev–Trinajstić information content (AvgIpc) is 3.03. The molecule has 0 atom stereocenters. The second-order valence-corrected chi connectivity index (χ2v) is 5.77. The summed E-state index contributed by atoms with van der Waals surface area (Å²) in [6.45, 7) is 2.65. The summed E-state index contributed by atoms with van der Waals surface area (Å²) in [7, 11) is 3.56. The second-order valence-electron chi connectivity index (χ2n) is 4.74. The molecule has 2 heterocycles. The molecule has 0 aliphatic rings. The number of thiophene rings is 1. The first-order chi connectivity index (χ1) is 9.54. The van der Waals surface area contributed by atoms with E-state index in [4.69, 9.17) is 5.73 Å². The first kappa shape index (κ1) is 14.6. The highest BCUT2D eigenvalue weighted by Crippen LogP contribution is 2.19. The minimum absolute atomic E-state index is 0.0752. The summed E-state index contributed by atoms with van der Waals surface area (Å²) in [5.41, 5.74) is 7.78. The Balaban J connectivity index is 2.08. The number of hydrogen-bond donors (Lipinski definition) is 1. The molecular formula is C14H20N4OS. The van der Waals surface area contributed by atoms with Crippen molar-refractivity contribution in [2.24, 2.45) is 7.05 Å². The van der Waals surface area contributed by atoms with Crippen LogP contribution in [0.15, 0.2) is 17.5 Å². The highest BCUT2D eigenvalue weighted by molar-refractivity contribution is 7.09. The Hall–Kier alpha value is -1.82. The molecule has 0 aliphatic heterocycles. The van der Waals surface area contributed by atoms with Crippen LogP contribution in [-0.2, 0) is 19.9 Å². The van der Waals surface area contributed by atoms with Crippen molar-refractivity contribution < 1.29 is 4.79 Å². The molecule has 2 rings (SSSR count). The van der Waals surface area contributed by atoms with E-state index in [2.05, 4.69) is 11.2 Å². The van der Waals surface area contributed by atoms with Crippen LogP contribution in [0.25, 0.3) is 0 Å². The number of aryl methyl sites for hydroxylation is 2. The number of nitrogen functional groups attached to an aromatic ring is 1. The van der Waals surface area contributed by atoms with Crippen LogP contribution in [-0.4, -0.2) is 34.2 Å². The van der Waals surface area contributed by atoms with Crippen LogP contribution in [0.1, 0.15) is 28.0 Å². The Labute approximate surface area is 123 Å². The Morgan fingerprint density at radius 2 is 2.30 bits per heavy atom. The standard InChI is InChI=1S/C14H20N4OS/c1-4-11-12(15)13(18(3)16-11)14(19)17(2)8-7-10-6-5-9-20-10/h5-6,9H,4,7-8,15H2,1-3H3. The van der Waals surface area contributed by atoms with Gasteiger partial charge in [-0.3, -0.25) is 9.48 Å². The first-order valence-corrected chi connectivity index (χ1v) is 7.51. The molecule has 0 radical (unpaired) electrons. The van der Waals surface area contributed by atoms with Crippen molar-refractivity contribution in [3.63, 3.8) is 0 Å². The van der Waals surface area contributed by atoms with E-state index >= 15 is 0 Å². The van der Waals surface area contributed by atoms with Gasteiger partial charge in [-0.05, 0) is 24.3 Å². The van der Waals surface area contributed by atoms with Crippen molar-refractivity contribution in [3.05, 3.63) is 33.8 Å². The smallest absolute Gasteiger partial charge is 0.274 e. The van der Waals surface area contributed by atoms with E-state index < -0.39 is 0 Å². The predicted octanol–water partition coefficient (Wildman–Crippen LogP) is 1.94. The zero-order chi connectivity index (χ0) is 14.7. The van der Waals surface area contributed by atoms with Gasteiger partial charge >= 0.3 is 0 Å². The lowest BCUT2D eigenvalue weighted by Crippen LogP contribution is -2.30. The molecule has 0 aromatic carbocycles. The Bertz CT molecular complexity index is 589. The molecule has 0 saturated carbocycles. The van der Waals surface area contributed by atoms with E-state index in [0.717, 1.165) is 18.5 Å². The zero-order valence-electron chi connectivity index (χ0n) is 12.1. The molecular weight excluding hydrogens is 272 g/mol. The largest absolute Gasteiger partial charge is 0.395 e. The number of aromatic nitrogens is 2. The molecule has 0 unspecified atom stereocenters. The number of likely N-dealkylation sites (N-methyl/N-ethyl adjacent to an activating group) is 1. The highest BCUT2D eigenvalue weighted by atomic mass is 32.1. The summed E-state index contributed by atoms with van der Waals surface area (Å²) in [4.78, 5) is 15.4. The van der Waals surface area contributed by atoms with Gasteiger partial charge in [0.1, 0.15) is 5.69 Å². The van der Waals surface area contributed by atoms with Gasteiger partial charge in [0.05, 0.1) is 11.4 Å². The quantitative estimate of drug-likeness (QED) is 0.916. The number of amides is 1. The number of carbonyl (C=O) groups is 1. The molecule has 1 amide bonds. The van der Waals surface area contributed by atoms with Crippen LogP contribution in [0.3, 0.4) is 0 Å². The number of nitrogens with zero attached hydrogens (tertiary/aromatic N) is 3. The van der Waals surface area contributed by atoms with Gasteiger partial charge in [0.2, 0.25) is 0 Å². The summed E-state index contributed by atoms with van der Waals surface area (Å²) in [6, 6.07) is 4.10. The molecule has 2 N–H and O–H groups in total. The summed E-state index contributed by atoms with van der Waals surface area (Å²) in [6.07, 6.45) is 1.59. The number of rotatable bonds is 5. The normalized spacial score (nSPS) is 10.8. The third kappa shape index (κ3) is 2.85. The number of nitrogens with two attached hydrogens (primary N) is 1. The highest BCUT2D eigenvalue weighted by Gasteiger charge is 2.22. The van der Waals surface area contributed by atoms with Crippen LogP contribution < -0.4 is 5.73 Å². The van der Waals surface area contributed by atoms with Gasteiger partial charge in [0.15, 0.2) is 0 Å². The summed E-state index contributed by atoms with van der Waals surface area (Å²) >= 11 is 1.71. The monoisotopic (exact) mass is 292 g/mol. The lowest BCUT2D eigenvalue weighted by Gasteiger charge is -2.17.